The van der Waals surface area contributed by atoms with E-state index in [2.05, 4.69) is 11.8 Å². The van der Waals surface area contributed by atoms with Crippen LogP contribution in [0, 0.1) is 5.92 Å². The summed E-state index contributed by atoms with van der Waals surface area (Å²) in [6.45, 7) is 2.70. The predicted molar refractivity (Wildman–Crippen MR) is 74.6 cm³/mol. The Morgan fingerprint density at radius 1 is 1.44 bits per heavy atom. The lowest BCUT2D eigenvalue weighted by Gasteiger charge is -2.39. The van der Waals surface area contributed by atoms with Gasteiger partial charge in [-0.1, -0.05) is 17.7 Å². The SMILES string of the molecule is CC1CCC(C(N)=O)CN1c1c(N)cccc1Cl. The molecule has 1 heterocycles. The highest BCUT2D eigenvalue weighted by Crippen LogP contribution is 2.36. The Hall–Kier alpha value is -1.42. The third-order valence-corrected chi connectivity index (χ3v) is 3.89. The maximum atomic E-state index is 11.3. The van der Waals surface area contributed by atoms with Crippen LogP contribution in [0.4, 0.5) is 11.4 Å². The number of nitrogens with zero attached hydrogens (tertiary/aromatic N) is 1. The number of rotatable bonds is 2. The van der Waals surface area contributed by atoms with Crippen molar-refractivity contribution in [3.8, 4) is 0 Å². The number of primary amides is 1. The Bertz CT molecular complexity index is 443. The molecule has 5 heteroatoms. The molecule has 2 rings (SSSR count). The summed E-state index contributed by atoms with van der Waals surface area (Å²) >= 11 is 6.22. The van der Waals surface area contributed by atoms with Gasteiger partial charge in [0.05, 0.1) is 22.3 Å². The van der Waals surface area contributed by atoms with Crippen molar-refractivity contribution in [1.29, 1.82) is 0 Å². The summed E-state index contributed by atoms with van der Waals surface area (Å²) in [5.41, 5.74) is 12.8. The first-order chi connectivity index (χ1) is 8.50. The van der Waals surface area contributed by atoms with E-state index >= 15 is 0 Å². The van der Waals surface area contributed by atoms with Gasteiger partial charge in [-0.25, -0.2) is 0 Å². The van der Waals surface area contributed by atoms with Gasteiger partial charge in [-0.15, -0.1) is 0 Å². The van der Waals surface area contributed by atoms with E-state index in [1.807, 2.05) is 18.2 Å². The van der Waals surface area contributed by atoms with E-state index in [-0.39, 0.29) is 11.8 Å². The molecule has 1 aliphatic rings. The lowest BCUT2D eigenvalue weighted by atomic mass is 9.92. The fourth-order valence-electron chi connectivity index (χ4n) is 2.49. The van der Waals surface area contributed by atoms with Gasteiger partial charge in [0, 0.05) is 12.6 Å². The van der Waals surface area contributed by atoms with E-state index in [4.69, 9.17) is 23.1 Å². The van der Waals surface area contributed by atoms with Crippen LogP contribution in [0.3, 0.4) is 0 Å². The zero-order valence-electron chi connectivity index (χ0n) is 10.4. The summed E-state index contributed by atoms with van der Waals surface area (Å²) in [4.78, 5) is 13.4. The number of nitrogens with two attached hydrogens (primary N) is 2. The van der Waals surface area contributed by atoms with Crippen LogP contribution in [0.25, 0.3) is 0 Å². The van der Waals surface area contributed by atoms with Crippen molar-refractivity contribution in [3.05, 3.63) is 23.2 Å². The number of halogens is 1. The first-order valence-electron chi connectivity index (χ1n) is 6.10. The second-order valence-corrected chi connectivity index (χ2v) is 5.26. The van der Waals surface area contributed by atoms with Crippen LogP contribution >= 0.6 is 11.6 Å². The van der Waals surface area contributed by atoms with Crippen LogP contribution in [0.5, 0.6) is 0 Å². The number of nitrogen functional groups attached to an aromatic ring is 1. The molecule has 0 spiro atoms. The van der Waals surface area contributed by atoms with E-state index in [9.17, 15) is 4.79 Å². The molecule has 1 aromatic carbocycles. The molecule has 0 aromatic heterocycles. The van der Waals surface area contributed by atoms with E-state index in [0.717, 1.165) is 18.5 Å². The Balaban J connectivity index is 2.33. The highest BCUT2D eigenvalue weighted by atomic mass is 35.5. The van der Waals surface area contributed by atoms with Crippen LogP contribution in [0.1, 0.15) is 19.8 Å². The quantitative estimate of drug-likeness (QED) is 0.805. The van der Waals surface area contributed by atoms with Crippen molar-refractivity contribution in [2.24, 2.45) is 11.7 Å². The number of carbonyl (C=O) groups excluding carboxylic acids is 1. The van der Waals surface area contributed by atoms with Crippen LogP contribution in [0.2, 0.25) is 5.02 Å². The number of amides is 1. The minimum atomic E-state index is -0.252. The summed E-state index contributed by atoms with van der Waals surface area (Å²) in [5, 5.41) is 0.618. The Morgan fingerprint density at radius 3 is 2.78 bits per heavy atom. The largest absolute Gasteiger partial charge is 0.397 e. The summed E-state index contributed by atoms with van der Waals surface area (Å²) < 4.78 is 0. The normalized spacial score (nSPS) is 24.0. The lowest BCUT2D eigenvalue weighted by Crippen LogP contribution is -2.46. The van der Waals surface area contributed by atoms with Gasteiger partial charge in [0.25, 0.3) is 0 Å². The van der Waals surface area contributed by atoms with Crippen LogP contribution in [-0.2, 0) is 4.79 Å². The first kappa shape index (κ1) is 13.0. The highest BCUT2D eigenvalue weighted by Gasteiger charge is 2.30. The monoisotopic (exact) mass is 267 g/mol. The summed E-state index contributed by atoms with van der Waals surface area (Å²) in [5.74, 6) is -0.380. The Morgan fingerprint density at radius 2 is 2.17 bits per heavy atom. The maximum Gasteiger partial charge on any atom is 0.222 e. The minimum absolute atomic E-state index is 0.128. The highest BCUT2D eigenvalue weighted by molar-refractivity contribution is 6.34. The summed E-state index contributed by atoms with van der Waals surface area (Å²) in [6, 6.07) is 5.76. The lowest BCUT2D eigenvalue weighted by molar-refractivity contribution is -0.122. The molecule has 18 heavy (non-hydrogen) atoms. The van der Waals surface area contributed by atoms with Crippen molar-refractivity contribution in [2.75, 3.05) is 17.2 Å². The van der Waals surface area contributed by atoms with Crippen LogP contribution in [0.15, 0.2) is 18.2 Å². The van der Waals surface area contributed by atoms with Gasteiger partial charge < -0.3 is 16.4 Å². The molecule has 2 unspecified atom stereocenters. The fraction of sp³-hybridized carbons (Fsp3) is 0.462. The number of hydrogen-bond donors (Lipinski definition) is 2. The molecular formula is C13H18ClN3O. The van der Waals surface area contributed by atoms with Gasteiger partial charge in [0.2, 0.25) is 5.91 Å². The Labute approximate surface area is 112 Å². The van der Waals surface area contributed by atoms with Crippen LogP contribution in [-0.4, -0.2) is 18.5 Å². The van der Waals surface area contributed by atoms with Gasteiger partial charge >= 0.3 is 0 Å². The number of anilines is 2. The molecular weight excluding hydrogens is 250 g/mol. The molecule has 0 radical (unpaired) electrons. The molecule has 1 saturated heterocycles. The minimum Gasteiger partial charge on any atom is -0.397 e. The molecule has 1 fully saturated rings. The van der Waals surface area contributed by atoms with Crippen molar-refractivity contribution < 1.29 is 4.79 Å². The maximum absolute atomic E-state index is 11.3. The second-order valence-electron chi connectivity index (χ2n) is 4.86. The number of piperidine rings is 1. The molecule has 4 N–H and O–H groups in total. The zero-order chi connectivity index (χ0) is 13.3. The van der Waals surface area contributed by atoms with Gasteiger partial charge in [0.1, 0.15) is 0 Å². The van der Waals surface area contributed by atoms with Crippen molar-refractivity contribution in [3.63, 3.8) is 0 Å². The van der Waals surface area contributed by atoms with Gasteiger partial charge in [-0.2, -0.15) is 0 Å². The first-order valence-corrected chi connectivity index (χ1v) is 6.48. The predicted octanol–water partition coefficient (Wildman–Crippen LogP) is 2.01. The summed E-state index contributed by atoms with van der Waals surface area (Å²) in [7, 11) is 0. The van der Waals surface area contributed by atoms with Crippen LogP contribution < -0.4 is 16.4 Å². The molecule has 4 nitrogen and oxygen atoms in total. The molecule has 1 aromatic rings. The summed E-state index contributed by atoms with van der Waals surface area (Å²) in [6.07, 6.45) is 1.75. The van der Waals surface area contributed by atoms with Crippen molar-refractivity contribution in [1.82, 2.24) is 0 Å². The standard InChI is InChI=1S/C13H18ClN3O/c1-8-5-6-9(13(16)18)7-17(8)12-10(14)3-2-4-11(12)15/h2-4,8-9H,5-7,15H2,1H3,(H2,16,18). The topological polar surface area (TPSA) is 72.4 Å². The molecule has 98 valence electrons. The molecule has 2 atom stereocenters. The fourth-order valence-corrected chi connectivity index (χ4v) is 2.78. The molecule has 1 amide bonds. The molecule has 0 aliphatic carbocycles. The van der Waals surface area contributed by atoms with E-state index < -0.39 is 0 Å². The number of benzene rings is 1. The van der Waals surface area contributed by atoms with E-state index in [1.54, 1.807) is 0 Å². The molecule has 0 bridgehead atoms. The number of hydrogen-bond acceptors (Lipinski definition) is 3. The average molecular weight is 268 g/mol. The van der Waals surface area contributed by atoms with E-state index in [0.29, 0.717) is 23.3 Å². The smallest absolute Gasteiger partial charge is 0.222 e. The van der Waals surface area contributed by atoms with Crippen molar-refractivity contribution in [2.45, 2.75) is 25.8 Å². The van der Waals surface area contributed by atoms with Crippen molar-refractivity contribution >= 4 is 28.9 Å². The number of carbonyl (C=O) groups is 1. The number of para-hydroxylation sites is 1. The molecule has 0 saturated carbocycles. The van der Waals surface area contributed by atoms with Gasteiger partial charge in [0.15, 0.2) is 0 Å². The van der Waals surface area contributed by atoms with E-state index in [1.165, 1.54) is 0 Å². The third-order valence-electron chi connectivity index (χ3n) is 3.59. The van der Waals surface area contributed by atoms with Gasteiger partial charge in [-0.3, -0.25) is 4.79 Å². The third kappa shape index (κ3) is 2.38. The molecule has 1 aliphatic heterocycles. The van der Waals surface area contributed by atoms with Gasteiger partial charge in [-0.05, 0) is 31.9 Å². The average Bonchev–Trinajstić information content (AvgIpc) is 2.30. The zero-order valence-corrected chi connectivity index (χ0v) is 11.2. The Kier molecular flexibility index (Phi) is 3.66. The second kappa shape index (κ2) is 5.06.